The van der Waals surface area contributed by atoms with E-state index in [1.807, 2.05) is 4.90 Å². The number of nitrogens with zero attached hydrogens (tertiary/aromatic N) is 1. The molecule has 0 aromatic heterocycles. The van der Waals surface area contributed by atoms with E-state index in [-0.39, 0.29) is 12.5 Å². The van der Waals surface area contributed by atoms with E-state index in [2.05, 4.69) is 0 Å². The molecule has 2 unspecified atom stereocenters. The fourth-order valence-corrected chi connectivity index (χ4v) is 4.23. The van der Waals surface area contributed by atoms with Crippen LogP contribution >= 0.6 is 11.8 Å². The summed E-state index contributed by atoms with van der Waals surface area (Å²) in [6.07, 6.45) is -4.24. The molecule has 3 rings (SSSR count). The van der Waals surface area contributed by atoms with Crippen LogP contribution in [0.3, 0.4) is 0 Å². The minimum Gasteiger partial charge on any atom is -0.481 e. The van der Waals surface area contributed by atoms with Gasteiger partial charge in [-0.05, 0) is 30.2 Å². The van der Waals surface area contributed by atoms with Crippen molar-refractivity contribution in [2.45, 2.75) is 18.6 Å². The van der Waals surface area contributed by atoms with Gasteiger partial charge in [0.1, 0.15) is 0 Å². The largest absolute Gasteiger partial charge is 0.481 e. The average Bonchev–Trinajstić information content (AvgIpc) is 2.44. The Hall–Kier alpha value is -1.37. The first-order valence-corrected chi connectivity index (χ1v) is 7.80. The number of benzene rings is 1. The Morgan fingerprint density at radius 3 is 2.81 bits per heavy atom. The summed E-state index contributed by atoms with van der Waals surface area (Å²) in [5.74, 6) is -0.00914. The average molecular weight is 317 g/mol. The quantitative estimate of drug-likeness (QED) is 0.865. The molecule has 0 radical (unpaired) electrons. The number of aliphatic carboxylic acids is 1. The molecule has 0 aliphatic carbocycles. The third kappa shape index (κ3) is 2.59. The molecular weight excluding hydrogens is 303 g/mol. The maximum absolute atomic E-state index is 12.8. The highest BCUT2D eigenvalue weighted by Gasteiger charge is 2.41. The molecule has 2 aliphatic heterocycles. The number of fused-ring (bicyclic) bond motifs is 3. The van der Waals surface area contributed by atoms with Crippen molar-refractivity contribution in [2.75, 3.05) is 23.0 Å². The van der Waals surface area contributed by atoms with Crippen LogP contribution in [-0.2, 0) is 17.4 Å². The second kappa shape index (κ2) is 5.12. The second-order valence-corrected chi connectivity index (χ2v) is 6.48. The summed E-state index contributed by atoms with van der Waals surface area (Å²) in [6.45, 7) is 0.678. The van der Waals surface area contributed by atoms with E-state index in [1.54, 1.807) is 11.8 Å². The van der Waals surface area contributed by atoms with Gasteiger partial charge in [0, 0.05) is 23.7 Å². The van der Waals surface area contributed by atoms with Gasteiger partial charge in [0.25, 0.3) is 0 Å². The number of halogens is 3. The maximum atomic E-state index is 12.8. The molecule has 1 fully saturated rings. The van der Waals surface area contributed by atoms with Crippen molar-refractivity contribution in [3.8, 4) is 0 Å². The molecule has 21 heavy (non-hydrogen) atoms. The van der Waals surface area contributed by atoms with Gasteiger partial charge >= 0.3 is 12.1 Å². The highest BCUT2D eigenvalue weighted by atomic mass is 32.2. The summed E-state index contributed by atoms with van der Waals surface area (Å²) in [7, 11) is 0. The highest BCUT2D eigenvalue weighted by Crippen LogP contribution is 2.40. The molecule has 1 N–H and O–H groups in total. The van der Waals surface area contributed by atoms with Gasteiger partial charge in [0.05, 0.1) is 17.5 Å². The van der Waals surface area contributed by atoms with Gasteiger partial charge in [-0.2, -0.15) is 24.9 Å². The Bertz CT molecular complexity index is 576. The lowest BCUT2D eigenvalue weighted by molar-refractivity contribution is -0.142. The second-order valence-electron chi connectivity index (χ2n) is 5.33. The lowest BCUT2D eigenvalue weighted by Crippen LogP contribution is -2.52. The SMILES string of the molecule is O=C(O)C1Cc2cc(C(F)(F)F)ccc2N2CCSCC12. The molecule has 2 aliphatic rings. The van der Waals surface area contributed by atoms with Gasteiger partial charge in [0.15, 0.2) is 0 Å². The summed E-state index contributed by atoms with van der Waals surface area (Å²) in [5.41, 5.74) is 0.529. The summed E-state index contributed by atoms with van der Waals surface area (Å²) in [5, 5.41) is 9.37. The number of carboxylic acid groups (broad SMARTS) is 1. The Morgan fingerprint density at radius 2 is 2.14 bits per heavy atom. The Labute approximate surface area is 124 Å². The van der Waals surface area contributed by atoms with E-state index >= 15 is 0 Å². The molecule has 1 saturated heterocycles. The highest BCUT2D eigenvalue weighted by molar-refractivity contribution is 7.99. The number of thioether (sulfide) groups is 1. The zero-order valence-corrected chi connectivity index (χ0v) is 11.9. The van der Waals surface area contributed by atoms with Crippen LogP contribution in [0, 0.1) is 5.92 Å². The van der Waals surface area contributed by atoms with Gasteiger partial charge in [-0.3, -0.25) is 4.79 Å². The number of hydrogen-bond donors (Lipinski definition) is 1. The number of hydrogen-bond acceptors (Lipinski definition) is 3. The van der Waals surface area contributed by atoms with Gasteiger partial charge in [-0.1, -0.05) is 0 Å². The van der Waals surface area contributed by atoms with Gasteiger partial charge in [0.2, 0.25) is 0 Å². The first-order chi connectivity index (χ1) is 9.88. The number of alkyl halides is 3. The van der Waals surface area contributed by atoms with Gasteiger partial charge in [-0.25, -0.2) is 0 Å². The molecule has 7 heteroatoms. The molecule has 114 valence electrons. The van der Waals surface area contributed by atoms with Crippen LogP contribution in [0.4, 0.5) is 18.9 Å². The third-order valence-corrected chi connectivity index (χ3v) is 5.15. The third-order valence-electron chi connectivity index (χ3n) is 4.10. The first-order valence-electron chi connectivity index (χ1n) is 6.65. The predicted molar refractivity (Wildman–Crippen MR) is 74.7 cm³/mol. The maximum Gasteiger partial charge on any atom is 0.416 e. The summed E-state index contributed by atoms with van der Waals surface area (Å²) >= 11 is 1.70. The molecule has 0 amide bonds. The normalized spacial score (nSPS) is 25.2. The van der Waals surface area contributed by atoms with Crippen molar-refractivity contribution in [1.82, 2.24) is 0 Å². The Balaban J connectivity index is 2.04. The number of rotatable bonds is 1. The van der Waals surface area contributed by atoms with Crippen molar-refractivity contribution < 1.29 is 23.1 Å². The van der Waals surface area contributed by atoms with Crippen LogP contribution in [0.2, 0.25) is 0 Å². The minimum atomic E-state index is -4.40. The van der Waals surface area contributed by atoms with Crippen molar-refractivity contribution in [3.05, 3.63) is 29.3 Å². The fraction of sp³-hybridized carbons (Fsp3) is 0.500. The van der Waals surface area contributed by atoms with E-state index in [0.717, 1.165) is 23.6 Å². The smallest absolute Gasteiger partial charge is 0.416 e. The number of anilines is 1. The van der Waals surface area contributed by atoms with E-state index in [0.29, 0.717) is 17.9 Å². The molecule has 0 saturated carbocycles. The molecule has 0 bridgehead atoms. The minimum absolute atomic E-state index is 0.134. The number of carbonyl (C=O) groups is 1. The van der Waals surface area contributed by atoms with Crippen LogP contribution in [-0.4, -0.2) is 35.2 Å². The van der Waals surface area contributed by atoms with E-state index < -0.39 is 23.6 Å². The summed E-state index contributed by atoms with van der Waals surface area (Å²) in [6, 6.07) is 3.53. The lowest BCUT2D eigenvalue weighted by atomic mass is 9.85. The van der Waals surface area contributed by atoms with Gasteiger partial charge in [-0.15, -0.1) is 0 Å². The van der Waals surface area contributed by atoms with Crippen molar-refractivity contribution in [2.24, 2.45) is 5.92 Å². The topological polar surface area (TPSA) is 40.5 Å². The van der Waals surface area contributed by atoms with Crippen LogP contribution in [0.1, 0.15) is 11.1 Å². The molecule has 2 atom stereocenters. The Kier molecular flexibility index (Phi) is 3.55. The number of carboxylic acids is 1. The molecule has 3 nitrogen and oxygen atoms in total. The Morgan fingerprint density at radius 1 is 1.38 bits per heavy atom. The predicted octanol–water partition coefficient (Wildman–Crippen LogP) is 2.88. The molecule has 1 aromatic rings. The van der Waals surface area contributed by atoms with Crippen molar-refractivity contribution in [1.29, 1.82) is 0 Å². The van der Waals surface area contributed by atoms with Crippen molar-refractivity contribution >= 4 is 23.4 Å². The molecular formula is C14H14F3NO2S. The molecule has 1 aromatic carbocycles. The molecule has 0 spiro atoms. The zero-order valence-electron chi connectivity index (χ0n) is 11.1. The monoisotopic (exact) mass is 317 g/mol. The van der Waals surface area contributed by atoms with Crippen LogP contribution in [0.5, 0.6) is 0 Å². The van der Waals surface area contributed by atoms with Crippen LogP contribution < -0.4 is 4.90 Å². The first kappa shape index (κ1) is 14.6. The van der Waals surface area contributed by atoms with E-state index in [1.165, 1.54) is 6.07 Å². The van der Waals surface area contributed by atoms with Crippen LogP contribution in [0.15, 0.2) is 18.2 Å². The zero-order chi connectivity index (χ0) is 15.2. The lowest BCUT2D eigenvalue weighted by Gasteiger charge is -2.45. The standard InChI is InChI=1S/C14H14F3NO2S/c15-14(16,17)9-1-2-11-8(5-9)6-10(13(19)20)12-7-21-4-3-18(11)12/h1-2,5,10,12H,3-4,6-7H2,(H,19,20). The summed E-state index contributed by atoms with van der Waals surface area (Å²) in [4.78, 5) is 13.4. The fourth-order valence-electron chi connectivity index (χ4n) is 3.09. The van der Waals surface area contributed by atoms with Gasteiger partial charge < -0.3 is 10.0 Å². The van der Waals surface area contributed by atoms with Crippen LogP contribution in [0.25, 0.3) is 0 Å². The molecule has 2 heterocycles. The van der Waals surface area contributed by atoms with E-state index in [4.69, 9.17) is 0 Å². The van der Waals surface area contributed by atoms with Crippen molar-refractivity contribution in [3.63, 3.8) is 0 Å². The summed E-state index contributed by atoms with van der Waals surface area (Å²) < 4.78 is 38.4. The van der Waals surface area contributed by atoms with E-state index in [9.17, 15) is 23.1 Å².